The van der Waals surface area contributed by atoms with Gasteiger partial charge in [0.1, 0.15) is 5.75 Å². The topological polar surface area (TPSA) is 67.4 Å². The number of nitrogens with one attached hydrogen (secondary N) is 2. The highest BCUT2D eigenvalue weighted by atomic mass is 16.5. The second-order valence-corrected chi connectivity index (χ2v) is 6.40. The van der Waals surface area contributed by atoms with Gasteiger partial charge < -0.3 is 15.4 Å². The van der Waals surface area contributed by atoms with Crippen molar-refractivity contribution in [2.75, 3.05) is 17.7 Å². The van der Waals surface area contributed by atoms with Crippen molar-refractivity contribution in [3.05, 3.63) is 89.5 Å². The average Bonchev–Trinajstić information content (AvgIpc) is 2.70. The van der Waals surface area contributed by atoms with Gasteiger partial charge in [-0.2, -0.15) is 0 Å². The minimum atomic E-state index is -0.249. The first kappa shape index (κ1) is 19.2. The Bertz CT molecular complexity index is 967. The number of benzene rings is 3. The molecule has 0 saturated heterocycles. The number of carbonyl (C=O) groups excluding carboxylic acids is 2. The van der Waals surface area contributed by atoms with E-state index in [-0.39, 0.29) is 11.8 Å². The Hall–Kier alpha value is -3.60. The molecule has 3 rings (SSSR count). The number of aryl methyl sites for hydroxylation is 1. The zero-order valence-electron chi connectivity index (χ0n) is 15.9. The minimum Gasteiger partial charge on any atom is -0.496 e. The van der Waals surface area contributed by atoms with E-state index in [1.165, 1.54) is 0 Å². The maximum Gasteiger partial charge on any atom is 0.259 e. The second-order valence-electron chi connectivity index (χ2n) is 6.40. The Kier molecular flexibility index (Phi) is 6.07. The van der Waals surface area contributed by atoms with Gasteiger partial charge >= 0.3 is 0 Å². The van der Waals surface area contributed by atoms with Crippen molar-refractivity contribution in [2.45, 2.75) is 13.3 Å². The van der Waals surface area contributed by atoms with Crippen molar-refractivity contribution < 1.29 is 14.3 Å². The summed E-state index contributed by atoms with van der Waals surface area (Å²) in [6.45, 7) is 1.89. The highest BCUT2D eigenvalue weighted by Gasteiger charge is 2.14. The smallest absolute Gasteiger partial charge is 0.259 e. The van der Waals surface area contributed by atoms with E-state index in [2.05, 4.69) is 10.6 Å². The van der Waals surface area contributed by atoms with E-state index in [4.69, 9.17) is 4.74 Å². The van der Waals surface area contributed by atoms with Crippen LogP contribution in [0, 0.1) is 6.92 Å². The maximum atomic E-state index is 12.6. The zero-order valence-corrected chi connectivity index (χ0v) is 15.9. The van der Waals surface area contributed by atoms with Crippen LogP contribution in [0.4, 0.5) is 11.4 Å². The molecule has 0 aliphatic carbocycles. The van der Waals surface area contributed by atoms with Crippen LogP contribution in [0.15, 0.2) is 72.8 Å². The molecule has 0 fully saturated rings. The molecular formula is C23H22N2O3. The molecule has 0 bridgehead atoms. The summed E-state index contributed by atoms with van der Waals surface area (Å²) in [6.07, 6.45) is 0.312. The van der Waals surface area contributed by atoms with Crippen LogP contribution < -0.4 is 15.4 Å². The van der Waals surface area contributed by atoms with Crippen molar-refractivity contribution in [2.24, 2.45) is 0 Å². The summed E-state index contributed by atoms with van der Waals surface area (Å²) in [7, 11) is 1.55. The number of amides is 2. The SMILES string of the molecule is COc1c(C)cccc1C(=O)Nc1ccc(NC(=O)Cc2ccccc2)cc1. The third-order valence-corrected chi connectivity index (χ3v) is 4.29. The predicted molar refractivity (Wildman–Crippen MR) is 111 cm³/mol. The summed E-state index contributed by atoms with van der Waals surface area (Å²) in [5.74, 6) is 0.221. The molecule has 0 heterocycles. The normalized spacial score (nSPS) is 10.2. The third kappa shape index (κ3) is 4.76. The van der Waals surface area contributed by atoms with Gasteiger partial charge in [-0.15, -0.1) is 0 Å². The maximum absolute atomic E-state index is 12.6. The van der Waals surface area contributed by atoms with Crippen LogP contribution in [0.25, 0.3) is 0 Å². The lowest BCUT2D eigenvalue weighted by atomic mass is 10.1. The fourth-order valence-electron chi connectivity index (χ4n) is 2.92. The van der Waals surface area contributed by atoms with Gasteiger partial charge in [0.15, 0.2) is 0 Å². The molecule has 2 N–H and O–H groups in total. The first-order chi connectivity index (χ1) is 13.6. The predicted octanol–water partition coefficient (Wildman–Crippen LogP) is 4.44. The van der Waals surface area contributed by atoms with E-state index < -0.39 is 0 Å². The summed E-state index contributed by atoms with van der Waals surface area (Å²) in [6, 6.07) is 22.0. The zero-order chi connectivity index (χ0) is 19.9. The van der Waals surface area contributed by atoms with Gasteiger partial charge in [0.25, 0.3) is 5.91 Å². The molecule has 0 spiro atoms. The van der Waals surface area contributed by atoms with E-state index >= 15 is 0 Å². The van der Waals surface area contributed by atoms with E-state index in [1.807, 2.05) is 49.4 Å². The van der Waals surface area contributed by atoms with E-state index in [0.29, 0.717) is 29.1 Å². The molecule has 0 aliphatic rings. The molecule has 0 aromatic heterocycles. The second kappa shape index (κ2) is 8.86. The number of para-hydroxylation sites is 1. The van der Waals surface area contributed by atoms with E-state index in [0.717, 1.165) is 11.1 Å². The fraction of sp³-hybridized carbons (Fsp3) is 0.130. The van der Waals surface area contributed by atoms with Crippen molar-refractivity contribution in [3.63, 3.8) is 0 Å². The number of hydrogen-bond donors (Lipinski definition) is 2. The van der Waals surface area contributed by atoms with Crippen molar-refractivity contribution in [3.8, 4) is 5.75 Å². The third-order valence-electron chi connectivity index (χ3n) is 4.29. The molecule has 0 atom stereocenters. The van der Waals surface area contributed by atoms with E-state index in [1.54, 1.807) is 37.4 Å². The molecule has 5 nitrogen and oxygen atoms in total. The lowest BCUT2D eigenvalue weighted by molar-refractivity contribution is -0.115. The summed E-state index contributed by atoms with van der Waals surface area (Å²) < 4.78 is 5.34. The van der Waals surface area contributed by atoms with Crippen LogP contribution in [0.2, 0.25) is 0 Å². The van der Waals surface area contributed by atoms with Gasteiger partial charge in [-0.05, 0) is 48.4 Å². The number of hydrogen-bond acceptors (Lipinski definition) is 3. The van der Waals surface area contributed by atoms with Crippen LogP contribution in [0.5, 0.6) is 5.75 Å². The molecule has 3 aromatic carbocycles. The monoisotopic (exact) mass is 374 g/mol. The molecule has 5 heteroatoms. The molecule has 3 aromatic rings. The molecule has 0 radical (unpaired) electrons. The van der Waals surface area contributed by atoms with Crippen LogP contribution in [0.1, 0.15) is 21.5 Å². The standard InChI is InChI=1S/C23H22N2O3/c1-16-7-6-10-20(22(16)28-2)23(27)25-19-13-11-18(12-14-19)24-21(26)15-17-8-4-3-5-9-17/h3-14H,15H2,1-2H3,(H,24,26)(H,25,27). The molecule has 0 aliphatic heterocycles. The van der Waals surface area contributed by atoms with Gasteiger partial charge in [0, 0.05) is 11.4 Å². The van der Waals surface area contributed by atoms with Gasteiger partial charge in [0.05, 0.1) is 19.1 Å². The van der Waals surface area contributed by atoms with Crippen LogP contribution in [-0.2, 0) is 11.2 Å². The first-order valence-electron chi connectivity index (χ1n) is 8.95. The Morgan fingerprint density at radius 2 is 1.46 bits per heavy atom. The Labute approximate surface area is 164 Å². The van der Waals surface area contributed by atoms with Gasteiger partial charge in [-0.25, -0.2) is 0 Å². The Balaban J connectivity index is 1.62. The lowest BCUT2D eigenvalue weighted by Gasteiger charge is -2.12. The molecule has 142 valence electrons. The van der Waals surface area contributed by atoms with Crippen LogP contribution >= 0.6 is 0 Å². The van der Waals surface area contributed by atoms with Gasteiger partial charge in [0.2, 0.25) is 5.91 Å². The van der Waals surface area contributed by atoms with Crippen molar-refractivity contribution in [1.29, 1.82) is 0 Å². The Morgan fingerprint density at radius 1 is 0.821 bits per heavy atom. The quantitative estimate of drug-likeness (QED) is 0.670. The van der Waals surface area contributed by atoms with Crippen LogP contribution in [-0.4, -0.2) is 18.9 Å². The first-order valence-corrected chi connectivity index (χ1v) is 8.95. The number of ether oxygens (including phenoxy) is 1. The van der Waals surface area contributed by atoms with Gasteiger partial charge in [-0.1, -0.05) is 42.5 Å². The van der Waals surface area contributed by atoms with E-state index in [9.17, 15) is 9.59 Å². The lowest BCUT2D eigenvalue weighted by Crippen LogP contribution is -2.15. The molecule has 2 amide bonds. The summed E-state index contributed by atoms with van der Waals surface area (Å²) in [4.78, 5) is 24.7. The molecule has 0 unspecified atom stereocenters. The van der Waals surface area contributed by atoms with Gasteiger partial charge in [-0.3, -0.25) is 9.59 Å². The number of carbonyl (C=O) groups is 2. The van der Waals surface area contributed by atoms with Crippen molar-refractivity contribution >= 4 is 23.2 Å². The van der Waals surface area contributed by atoms with Crippen molar-refractivity contribution in [1.82, 2.24) is 0 Å². The summed E-state index contributed by atoms with van der Waals surface area (Å²) in [5.41, 5.74) is 3.63. The highest BCUT2D eigenvalue weighted by molar-refractivity contribution is 6.06. The largest absolute Gasteiger partial charge is 0.496 e. The minimum absolute atomic E-state index is 0.0903. The molecular weight excluding hydrogens is 352 g/mol. The Morgan fingerprint density at radius 3 is 2.11 bits per heavy atom. The van der Waals surface area contributed by atoms with Crippen LogP contribution in [0.3, 0.4) is 0 Å². The number of anilines is 2. The fourth-order valence-corrected chi connectivity index (χ4v) is 2.92. The molecule has 28 heavy (non-hydrogen) atoms. The summed E-state index contributed by atoms with van der Waals surface area (Å²) >= 11 is 0. The highest BCUT2D eigenvalue weighted by Crippen LogP contribution is 2.24. The number of rotatable bonds is 6. The number of methoxy groups -OCH3 is 1. The molecule has 0 saturated carbocycles. The summed E-state index contributed by atoms with van der Waals surface area (Å²) in [5, 5.41) is 5.71. The average molecular weight is 374 g/mol.